The van der Waals surface area contributed by atoms with Gasteiger partial charge in [-0.05, 0) is 42.7 Å². The lowest BCUT2D eigenvalue weighted by atomic mass is 10.2. The first-order valence-corrected chi connectivity index (χ1v) is 11.5. The van der Waals surface area contributed by atoms with E-state index in [-0.39, 0.29) is 22.0 Å². The van der Waals surface area contributed by atoms with Crippen LogP contribution in [-0.4, -0.2) is 44.3 Å². The summed E-state index contributed by atoms with van der Waals surface area (Å²) in [6, 6.07) is 10.9. The molecule has 0 saturated carbocycles. The summed E-state index contributed by atoms with van der Waals surface area (Å²) in [5.41, 5.74) is 0.726. The highest BCUT2D eigenvalue weighted by Gasteiger charge is 2.30. The first-order chi connectivity index (χ1) is 14.3. The Kier molecular flexibility index (Phi) is 7.36. The maximum absolute atomic E-state index is 12.8. The van der Waals surface area contributed by atoms with Gasteiger partial charge in [0.05, 0.1) is 10.6 Å². The van der Waals surface area contributed by atoms with E-state index >= 15 is 0 Å². The van der Waals surface area contributed by atoms with Gasteiger partial charge in [-0.3, -0.25) is 4.79 Å². The average molecular weight is 471 g/mol. The van der Waals surface area contributed by atoms with E-state index in [4.69, 9.17) is 27.9 Å². The van der Waals surface area contributed by atoms with E-state index in [0.29, 0.717) is 18.1 Å². The molecule has 0 bridgehead atoms. The SMILES string of the molecule is O=C(COC(=O)c1ccc(Cl)c(S(=O)(=O)N2CCCC2)c1)NCc1ccccc1Cl. The van der Waals surface area contributed by atoms with Gasteiger partial charge in [0.15, 0.2) is 6.61 Å². The Morgan fingerprint density at radius 3 is 2.43 bits per heavy atom. The van der Waals surface area contributed by atoms with Gasteiger partial charge in [0.25, 0.3) is 5.91 Å². The van der Waals surface area contributed by atoms with Crippen molar-refractivity contribution in [2.24, 2.45) is 0 Å². The van der Waals surface area contributed by atoms with Gasteiger partial charge in [-0.1, -0.05) is 41.4 Å². The van der Waals surface area contributed by atoms with Crippen LogP contribution in [0.4, 0.5) is 0 Å². The largest absolute Gasteiger partial charge is 0.452 e. The Morgan fingerprint density at radius 2 is 1.73 bits per heavy atom. The fourth-order valence-electron chi connectivity index (χ4n) is 3.00. The minimum absolute atomic E-state index is 0.00363. The predicted octanol–water partition coefficient (Wildman–Crippen LogP) is 3.25. The number of nitrogens with zero attached hydrogens (tertiary/aromatic N) is 1. The highest BCUT2D eigenvalue weighted by molar-refractivity contribution is 7.89. The summed E-state index contributed by atoms with van der Waals surface area (Å²) in [7, 11) is -3.80. The molecule has 2 aromatic rings. The number of sulfonamides is 1. The molecule has 0 aromatic heterocycles. The van der Waals surface area contributed by atoms with Crippen LogP contribution in [0.5, 0.6) is 0 Å². The number of nitrogens with one attached hydrogen (secondary N) is 1. The van der Waals surface area contributed by atoms with Gasteiger partial charge in [0, 0.05) is 24.7 Å². The van der Waals surface area contributed by atoms with Crippen molar-refractivity contribution >= 4 is 45.1 Å². The normalized spacial score (nSPS) is 14.5. The third kappa shape index (κ3) is 5.31. The van der Waals surface area contributed by atoms with E-state index in [1.165, 1.54) is 22.5 Å². The molecule has 1 heterocycles. The standard InChI is InChI=1S/C20H20Cl2N2O5S/c21-16-6-2-1-5-15(16)12-23-19(25)13-29-20(26)14-7-8-17(22)18(11-14)30(27,28)24-9-3-4-10-24/h1-2,5-8,11H,3-4,9-10,12-13H2,(H,23,25). The summed E-state index contributed by atoms with van der Waals surface area (Å²) in [4.78, 5) is 24.1. The Labute approximate surface area is 185 Å². The van der Waals surface area contributed by atoms with E-state index in [1.807, 2.05) is 0 Å². The van der Waals surface area contributed by atoms with Crippen molar-refractivity contribution in [3.63, 3.8) is 0 Å². The predicted molar refractivity (Wildman–Crippen MR) is 113 cm³/mol. The third-order valence-corrected chi connectivity index (χ3v) is 7.37. The van der Waals surface area contributed by atoms with Gasteiger partial charge >= 0.3 is 5.97 Å². The number of carbonyl (C=O) groups is 2. The molecule has 30 heavy (non-hydrogen) atoms. The lowest BCUT2D eigenvalue weighted by Crippen LogP contribution is -2.29. The summed E-state index contributed by atoms with van der Waals surface area (Å²) in [5.74, 6) is -1.33. The van der Waals surface area contributed by atoms with Crippen LogP contribution in [0.3, 0.4) is 0 Å². The van der Waals surface area contributed by atoms with Crippen LogP contribution in [0.15, 0.2) is 47.4 Å². The molecule has 1 amide bonds. The zero-order valence-corrected chi connectivity index (χ0v) is 18.3. The fourth-order valence-corrected chi connectivity index (χ4v) is 5.22. The molecule has 1 fully saturated rings. The second-order valence-electron chi connectivity index (χ2n) is 6.70. The second kappa shape index (κ2) is 9.78. The molecular weight excluding hydrogens is 451 g/mol. The highest BCUT2D eigenvalue weighted by atomic mass is 35.5. The minimum Gasteiger partial charge on any atom is -0.452 e. The summed E-state index contributed by atoms with van der Waals surface area (Å²) in [6.07, 6.45) is 1.56. The number of benzene rings is 2. The number of carbonyl (C=O) groups excluding carboxylic acids is 2. The van der Waals surface area contributed by atoms with Crippen LogP contribution in [0, 0.1) is 0 Å². The van der Waals surface area contributed by atoms with Crippen LogP contribution in [0.2, 0.25) is 10.0 Å². The molecule has 1 saturated heterocycles. The summed E-state index contributed by atoms with van der Waals surface area (Å²) in [6.45, 7) is 0.507. The van der Waals surface area contributed by atoms with E-state index in [9.17, 15) is 18.0 Å². The quantitative estimate of drug-likeness (QED) is 0.626. The van der Waals surface area contributed by atoms with Crippen LogP contribution in [0.1, 0.15) is 28.8 Å². The van der Waals surface area contributed by atoms with E-state index < -0.39 is 28.5 Å². The monoisotopic (exact) mass is 470 g/mol. The molecular formula is C20H20Cl2N2O5S. The lowest BCUT2D eigenvalue weighted by molar-refractivity contribution is -0.124. The summed E-state index contributed by atoms with van der Waals surface area (Å²) in [5, 5.41) is 3.14. The van der Waals surface area contributed by atoms with Crippen molar-refractivity contribution in [2.75, 3.05) is 19.7 Å². The maximum atomic E-state index is 12.8. The van der Waals surface area contributed by atoms with E-state index in [1.54, 1.807) is 24.3 Å². The number of hydrogen-bond acceptors (Lipinski definition) is 5. The lowest BCUT2D eigenvalue weighted by Gasteiger charge is -2.17. The highest BCUT2D eigenvalue weighted by Crippen LogP contribution is 2.28. The van der Waals surface area contributed by atoms with Gasteiger partial charge in [-0.15, -0.1) is 0 Å². The molecule has 0 radical (unpaired) electrons. The fraction of sp³-hybridized carbons (Fsp3) is 0.300. The molecule has 7 nitrogen and oxygen atoms in total. The minimum atomic E-state index is -3.80. The van der Waals surface area contributed by atoms with Gasteiger partial charge in [-0.25, -0.2) is 13.2 Å². The number of ether oxygens (including phenoxy) is 1. The van der Waals surface area contributed by atoms with E-state index in [2.05, 4.69) is 5.32 Å². The Bertz CT molecular complexity index is 1050. The number of halogens is 2. The summed E-state index contributed by atoms with van der Waals surface area (Å²) >= 11 is 12.1. The van der Waals surface area contributed by atoms with Crippen LogP contribution in [-0.2, 0) is 26.1 Å². The maximum Gasteiger partial charge on any atom is 0.338 e. The third-order valence-electron chi connectivity index (χ3n) is 4.62. The van der Waals surface area contributed by atoms with Crippen molar-refractivity contribution < 1.29 is 22.7 Å². The molecule has 0 unspecified atom stereocenters. The number of hydrogen-bond donors (Lipinski definition) is 1. The molecule has 1 aliphatic rings. The zero-order valence-electron chi connectivity index (χ0n) is 15.9. The number of esters is 1. The second-order valence-corrected chi connectivity index (χ2v) is 9.42. The first kappa shape index (κ1) is 22.6. The Morgan fingerprint density at radius 1 is 1.03 bits per heavy atom. The molecule has 160 valence electrons. The van der Waals surface area contributed by atoms with Gasteiger partial charge < -0.3 is 10.1 Å². The number of amides is 1. The van der Waals surface area contributed by atoms with Crippen molar-refractivity contribution in [3.05, 3.63) is 63.6 Å². The molecule has 3 rings (SSSR count). The van der Waals surface area contributed by atoms with Crippen LogP contribution < -0.4 is 5.32 Å². The van der Waals surface area contributed by atoms with Crippen molar-refractivity contribution in [1.29, 1.82) is 0 Å². The van der Waals surface area contributed by atoms with Crippen LogP contribution >= 0.6 is 23.2 Å². The molecule has 1 aliphatic heterocycles. The number of rotatable bonds is 7. The molecule has 10 heteroatoms. The van der Waals surface area contributed by atoms with Crippen molar-refractivity contribution in [1.82, 2.24) is 9.62 Å². The molecule has 0 atom stereocenters. The average Bonchev–Trinajstić information content (AvgIpc) is 3.27. The topological polar surface area (TPSA) is 92.8 Å². The van der Waals surface area contributed by atoms with Crippen molar-refractivity contribution in [2.45, 2.75) is 24.3 Å². The molecule has 0 aliphatic carbocycles. The van der Waals surface area contributed by atoms with Gasteiger partial charge in [-0.2, -0.15) is 4.31 Å². The Balaban J connectivity index is 1.61. The van der Waals surface area contributed by atoms with Crippen LogP contribution in [0.25, 0.3) is 0 Å². The zero-order chi connectivity index (χ0) is 21.7. The molecule has 2 aromatic carbocycles. The van der Waals surface area contributed by atoms with Gasteiger partial charge in [0.1, 0.15) is 4.90 Å². The van der Waals surface area contributed by atoms with Crippen molar-refractivity contribution in [3.8, 4) is 0 Å². The molecule has 0 spiro atoms. The van der Waals surface area contributed by atoms with E-state index in [0.717, 1.165) is 18.4 Å². The van der Waals surface area contributed by atoms with Gasteiger partial charge in [0.2, 0.25) is 10.0 Å². The smallest absolute Gasteiger partial charge is 0.338 e. The first-order valence-electron chi connectivity index (χ1n) is 9.26. The Hall–Kier alpha value is -2.13. The molecule has 1 N–H and O–H groups in total. The summed E-state index contributed by atoms with van der Waals surface area (Å²) < 4.78 is 31.9.